The highest BCUT2D eigenvalue weighted by molar-refractivity contribution is 6.52. The highest BCUT2D eigenvalue weighted by Gasteiger charge is 2.52. The van der Waals surface area contributed by atoms with Crippen molar-refractivity contribution in [3.05, 3.63) is 0 Å². The number of rotatable bonds is 14. The zero-order valence-corrected chi connectivity index (χ0v) is 13.3. The summed E-state index contributed by atoms with van der Waals surface area (Å²) in [4.78, 5) is 14.5. The fraction of sp³-hybridized carbons (Fsp3) is 0.909. The Hall–Kier alpha value is -0.573. The van der Waals surface area contributed by atoms with E-state index in [2.05, 4.69) is 6.07 Å². The molecule has 0 saturated heterocycles. The van der Waals surface area contributed by atoms with E-state index < -0.39 is 9.05 Å². The molecule has 0 aliphatic heterocycles. The molecule has 0 aromatic rings. The van der Waals surface area contributed by atoms with Crippen LogP contribution in [0.4, 0.5) is 0 Å². The van der Waals surface area contributed by atoms with Crippen molar-refractivity contribution in [2.45, 2.75) is 40.0 Å². The molecular weight excluding hydrogens is 286 g/mol. The lowest BCUT2D eigenvalue weighted by Gasteiger charge is -2.23. The van der Waals surface area contributed by atoms with Gasteiger partial charge in [-0.05, 0) is 33.6 Å². The normalized spacial score (nSPS) is 11.5. The van der Waals surface area contributed by atoms with Crippen LogP contribution in [0.25, 0.3) is 0 Å². The molecule has 0 aliphatic rings. The number of hydrogen-bond acceptors (Lipinski definition) is 8. The molecule has 0 unspecified atom stereocenters. The molecule has 0 amide bonds. The molecule has 0 atom stereocenters. The predicted molar refractivity (Wildman–Crippen MR) is 69.3 cm³/mol. The smallest absolute Gasteiger partial charge is 0.347 e. The molecule has 0 aliphatic carbocycles. The third-order valence-electron chi connectivity index (χ3n) is 1.80. The Morgan fingerprint density at radius 2 is 1.35 bits per heavy atom. The van der Waals surface area contributed by atoms with Gasteiger partial charge in [0, 0.05) is 13.0 Å². The molecule has 0 saturated carbocycles. The molecule has 0 N–H and O–H groups in total. The molecule has 8 nitrogen and oxygen atoms in total. The first-order valence-electron chi connectivity index (χ1n) is 6.67. The fourth-order valence-corrected chi connectivity index (χ4v) is 2.42. The van der Waals surface area contributed by atoms with Crippen LogP contribution in [0.2, 0.25) is 0 Å². The predicted octanol–water partition coefficient (Wildman–Crippen LogP) is 2.04. The fourth-order valence-electron chi connectivity index (χ4n) is 1.01. The van der Waals surface area contributed by atoms with Crippen LogP contribution in [0.1, 0.15) is 40.0 Å². The lowest BCUT2D eigenvalue weighted by atomic mass is 10.3. The van der Waals surface area contributed by atoms with Crippen molar-refractivity contribution < 1.29 is 32.8 Å². The Bertz CT molecular complexity index is 240. The molecule has 118 valence electrons. The first-order valence-corrected chi connectivity index (χ1v) is 8.30. The van der Waals surface area contributed by atoms with Gasteiger partial charge in [-0.1, -0.05) is 0 Å². The molecule has 0 aromatic carbocycles. The number of nitriles is 1. The minimum Gasteiger partial charge on any atom is -0.347 e. The average molecular weight is 309 g/mol. The van der Waals surface area contributed by atoms with Gasteiger partial charge in [-0.25, -0.2) is 14.7 Å². The van der Waals surface area contributed by atoms with E-state index in [1.165, 1.54) is 0 Å². The van der Waals surface area contributed by atoms with Crippen LogP contribution in [0.3, 0.4) is 0 Å². The third-order valence-corrected chi connectivity index (χ3v) is 3.32. The number of nitrogens with zero attached hydrogens (tertiary/aromatic N) is 1. The van der Waals surface area contributed by atoms with E-state index in [1.807, 2.05) is 0 Å². The molecule has 0 rings (SSSR count). The van der Waals surface area contributed by atoms with E-state index in [4.69, 9.17) is 38.1 Å². The zero-order chi connectivity index (χ0) is 15.1. The van der Waals surface area contributed by atoms with Gasteiger partial charge in [0.2, 0.25) is 0 Å². The van der Waals surface area contributed by atoms with Crippen LogP contribution in [-0.4, -0.2) is 35.5 Å². The minimum absolute atomic E-state index is 0.279. The lowest BCUT2D eigenvalue weighted by molar-refractivity contribution is -0.385. The standard InChI is InChI=1S/C11H23NO7Si/c1-4-13-17-20(18-14-5-2,19-15-6-3)16-11-9-7-8-10-12/h4-9,11H2,1-3H3. The Labute approximate surface area is 120 Å². The van der Waals surface area contributed by atoms with Crippen LogP contribution >= 0.6 is 0 Å². The molecular formula is C11H23NO7Si. The van der Waals surface area contributed by atoms with E-state index in [9.17, 15) is 0 Å². The molecule has 9 heteroatoms. The molecule has 0 fully saturated rings. The highest BCUT2D eigenvalue weighted by atomic mass is 28.4. The van der Waals surface area contributed by atoms with E-state index >= 15 is 0 Å². The Kier molecular flexibility index (Phi) is 13.0. The van der Waals surface area contributed by atoms with Crippen LogP contribution in [0, 0.1) is 11.3 Å². The van der Waals surface area contributed by atoms with Crippen molar-refractivity contribution in [1.29, 1.82) is 5.26 Å². The third kappa shape index (κ3) is 9.35. The van der Waals surface area contributed by atoms with Crippen LogP contribution in [0.5, 0.6) is 0 Å². The van der Waals surface area contributed by atoms with E-state index in [0.717, 1.165) is 0 Å². The Balaban J connectivity index is 4.38. The second kappa shape index (κ2) is 13.4. The highest BCUT2D eigenvalue weighted by Crippen LogP contribution is 2.15. The summed E-state index contributed by atoms with van der Waals surface area (Å²) in [5, 5.41) is 8.46. The monoisotopic (exact) mass is 309 g/mol. The zero-order valence-electron chi connectivity index (χ0n) is 12.3. The van der Waals surface area contributed by atoms with E-state index in [-0.39, 0.29) is 26.4 Å². The number of unbranched alkanes of at least 4 members (excludes halogenated alkanes) is 2. The van der Waals surface area contributed by atoms with Crippen molar-refractivity contribution in [1.82, 2.24) is 0 Å². The first kappa shape index (κ1) is 19.4. The lowest BCUT2D eigenvalue weighted by Crippen LogP contribution is -2.49. The van der Waals surface area contributed by atoms with Gasteiger partial charge in [-0.3, -0.25) is 0 Å². The van der Waals surface area contributed by atoms with Gasteiger partial charge in [-0.15, -0.1) is 0 Å². The van der Waals surface area contributed by atoms with Gasteiger partial charge in [0.25, 0.3) is 0 Å². The summed E-state index contributed by atoms with van der Waals surface area (Å²) < 4.78 is 20.6. The van der Waals surface area contributed by atoms with Crippen molar-refractivity contribution >= 4 is 9.05 Å². The van der Waals surface area contributed by atoms with Gasteiger partial charge in [0.15, 0.2) is 0 Å². The molecule has 0 aromatic heterocycles. The summed E-state index contributed by atoms with van der Waals surface area (Å²) >= 11 is 0. The summed E-state index contributed by atoms with van der Waals surface area (Å²) in [6.45, 7) is 6.38. The largest absolute Gasteiger partial charge is 0.764 e. The maximum atomic E-state index is 8.46. The SMILES string of the molecule is CCOO[Si](OCCCCC#N)(OOCC)OOCC. The van der Waals surface area contributed by atoms with Crippen molar-refractivity contribution in [3.8, 4) is 6.07 Å². The van der Waals surface area contributed by atoms with Gasteiger partial charge >= 0.3 is 9.05 Å². The summed E-state index contributed by atoms with van der Waals surface area (Å²) in [7, 11) is -3.67. The molecule has 0 spiro atoms. The van der Waals surface area contributed by atoms with Gasteiger partial charge in [-0.2, -0.15) is 19.0 Å². The van der Waals surface area contributed by atoms with Crippen molar-refractivity contribution in [2.75, 3.05) is 26.4 Å². The van der Waals surface area contributed by atoms with Gasteiger partial charge < -0.3 is 4.43 Å². The Morgan fingerprint density at radius 1 is 0.850 bits per heavy atom. The molecule has 0 bridgehead atoms. The summed E-state index contributed by atoms with van der Waals surface area (Å²) in [5.41, 5.74) is 0. The average Bonchev–Trinajstić information content (AvgIpc) is 2.48. The second-order valence-electron chi connectivity index (χ2n) is 3.43. The van der Waals surface area contributed by atoms with Gasteiger partial charge in [0.1, 0.15) is 0 Å². The van der Waals surface area contributed by atoms with Crippen LogP contribution in [-0.2, 0) is 32.8 Å². The topological polar surface area (TPSA) is 88.4 Å². The van der Waals surface area contributed by atoms with E-state index in [0.29, 0.717) is 19.3 Å². The maximum absolute atomic E-state index is 8.46. The molecule has 0 heterocycles. The van der Waals surface area contributed by atoms with Gasteiger partial charge in [0.05, 0.1) is 25.9 Å². The van der Waals surface area contributed by atoms with E-state index in [1.54, 1.807) is 20.8 Å². The number of hydrogen-bond donors (Lipinski definition) is 0. The quantitative estimate of drug-likeness (QED) is 0.208. The summed E-state index contributed by atoms with van der Waals surface area (Å²) in [6, 6.07) is 2.06. The molecule has 0 radical (unpaired) electrons. The van der Waals surface area contributed by atoms with Crippen LogP contribution in [0.15, 0.2) is 0 Å². The Morgan fingerprint density at radius 3 is 1.75 bits per heavy atom. The summed E-state index contributed by atoms with van der Waals surface area (Å²) in [5.74, 6) is 0. The van der Waals surface area contributed by atoms with Crippen LogP contribution < -0.4 is 0 Å². The molecule has 20 heavy (non-hydrogen) atoms. The van der Waals surface area contributed by atoms with Crippen molar-refractivity contribution in [2.24, 2.45) is 0 Å². The minimum atomic E-state index is -3.67. The van der Waals surface area contributed by atoms with Crippen molar-refractivity contribution in [3.63, 3.8) is 0 Å². The maximum Gasteiger partial charge on any atom is 0.764 e. The second-order valence-corrected chi connectivity index (χ2v) is 5.22. The summed E-state index contributed by atoms with van der Waals surface area (Å²) in [6.07, 6.45) is 1.82. The first-order chi connectivity index (χ1) is 9.74.